The number of amides is 1. The van der Waals surface area contributed by atoms with Crippen LogP contribution in [0.2, 0.25) is 0 Å². The van der Waals surface area contributed by atoms with Gasteiger partial charge in [0.2, 0.25) is 0 Å². The van der Waals surface area contributed by atoms with Gasteiger partial charge in [-0.2, -0.15) is 13.2 Å². The predicted molar refractivity (Wildman–Crippen MR) is 88.3 cm³/mol. The lowest BCUT2D eigenvalue weighted by molar-refractivity contribution is -0.208. The molecule has 0 bridgehead atoms. The zero-order valence-corrected chi connectivity index (χ0v) is 15.1. The number of ether oxygens (including phenoxy) is 2. The van der Waals surface area contributed by atoms with Crippen LogP contribution >= 0.6 is 0 Å². The van der Waals surface area contributed by atoms with Gasteiger partial charge in [0, 0.05) is 6.42 Å². The smallest absolute Gasteiger partial charge is 0.425 e. The molecule has 2 unspecified atom stereocenters. The Labute approximate surface area is 152 Å². The lowest BCUT2D eigenvalue weighted by atomic mass is 9.89. The minimum absolute atomic E-state index is 0.0838. The van der Waals surface area contributed by atoms with Gasteiger partial charge in [-0.15, -0.1) is 0 Å². The van der Waals surface area contributed by atoms with Gasteiger partial charge < -0.3 is 15.2 Å². The van der Waals surface area contributed by atoms with Crippen LogP contribution in [0.4, 0.5) is 28.2 Å². The summed E-state index contributed by atoms with van der Waals surface area (Å²) in [5.74, 6) is -0.964. The molecule has 0 radical (unpaired) electrons. The highest BCUT2D eigenvalue weighted by Crippen LogP contribution is 2.40. The molecule has 11 heteroatoms. The maximum Gasteiger partial charge on any atom is 0.425 e. The number of alkyl carbamates (subject to hydrolysis) is 1. The van der Waals surface area contributed by atoms with Gasteiger partial charge in [0.05, 0.1) is 0 Å². The van der Waals surface area contributed by atoms with E-state index in [0.717, 1.165) is 6.07 Å². The van der Waals surface area contributed by atoms with Crippen molar-refractivity contribution in [2.75, 3.05) is 5.73 Å². The Morgan fingerprint density at radius 2 is 2.00 bits per heavy atom. The second kappa shape index (κ2) is 6.86. The standard InChI is InChI=1S/C16H20F4N4O3/c1-14(2,3)27-13(25)23-12-24-15(4,7-9(26-12)16(18,19)20)11-8(17)5-6-10(21)22-11/h5-6,9H,7H2,1-4H3,(H2,21,22)(H,23,24,25). The molecule has 0 spiro atoms. The third kappa shape index (κ3) is 5.20. The Morgan fingerprint density at radius 1 is 1.37 bits per heavy atom. The summed E-state index contributed by atoms with van der Waals surface area (Å²) < 4.78 is 63.8. The van der Waals surface area contributed by atoms with Gasteiger partial charge in [0.15, 0.2) is 6.10 Å². The lowest BCUT2D eigenvalue weighted by Gasteiger charge is -2.36. The van der Waals surface area contributed by atoms with E-state index in [9.17, 15) is 22.4 Å². The third-order valence-electron chi connectivity index (χ3n) is 3.54. The molecule has 1 amide bonds. The zero-order chi connectivity index (χ0) is 20.6. The van der Waals surface area contributed by atoms with E-state index in [4.69, 9.17) is 15.2 Å². The van der Waals surface area contributed by atoms with Crippen molar-refractivity contribution in [3.05, 3.63) is 23.6 Å². The average molecular weight is 392 g/mol. The van der Waals surface area contributed by atoms with Gasteiger partial charge in [-0.1, -0.05) is 0 Å². The maximum absolute atomic E-state index is 14.2. The van der Waals surface area contributed by atoms with Gasteiger partial charge in [-0.05, 0) is 39.8 Å². The quantitative estimate of drug-likeness (QED) is 0.715. The lowest BCUT2D eigenvalue weighted by Crippen LogP contribution is -2.49. The first-order valence-electron chi connectivity index (χ1n) is 7.95. The van der Waals surface area contributed by atoms with Crippen LogP contribution in [0.25, 0.3) is 0 Å². The number of hydrogen-bond acceptors (Lipinski definition) is 6. The number of nitrogen functional groups attached to an aromatic ring is 1. The largest absolute Gasteiger partial charge is 0.452 e. The molecule has 0 saturated heterocycles. The van der Waals surface area contributed by atoms with E-state index in [1.807, 2.05) is 5.32 Å². The number of anilines is 1. The van der Waals surface area contributed by atoms with E-state index in [2.05, 4.69) is 9.98 Å². The second-order valence-electron chi connectivity index (χ2n) is 7.24. The fourth-order valence-corrected chi connectivity index (χ4v) is 2.45. The summed E-state index contributed by atoms with van der Waals surface area (Å²) >= 11 is 0. The Hall–Kier alpha value is -2.59. The van der Waals surface area contributed by atoms with Gasteiger partial charge in [-0.25, -0.2) is 24.5 Å². The van der Waals surface area contributed by atoms with Crippen molar-refractivity contribution in [2.45, 2.75) is 57.5 Å². The molecule has 0 fully saturated rings. The van der Waals surface area contributed by atoms with E-state index < -0.39 is 47.8 Å². The fourth-order valence-electron chi connectivity index (χ4n) is 2.45. The number of carbonyl (C=O) groups excluding carboxylic acids is 1. The summed E-state index contributed by atoms with van der Waals surface area (Å²) in [6, 6.07) is 1.41. The summed E-state index contributed by atoms with van der Waals surface area (Å²) in [5, 5.41) is 2.02. The molecule has 0 aliphatic carbocycles. The number of aromatic nitrogens is 1. The van der Waals surface area contributed by atoms with E-state index in [0.29, 0.717) is 0 Å². The van der Waals surface area contributed by atoms with E-state index in [1.165, 1.54) is 13.0 Å². The zero-order valence-electron chi connectivity index (χ0n) is 15.1. The third-order valence-corrected chi connectivity index (χ3v) is 3.54. The second-order valence-corrected chi connectivity index (χ2v) is 7.24. The van der Waals surface area contributed by atoms with Crippen molar-refractivity contribution in [3.8, 4) is 0 Å². The van der Waals surface area contributed by atoms with E-state index >= 15 is 0 Å². The molecule has 1 aliphatic heterocycles. The van der Waals surface area contributed by atoms with Gasteiger partial charge >= 0.3 is 12.3 Å². The van der Waals surface area contributed by atoms with Crippen LogP contribution in [0.3, 0.4) is 0 Å². The van der Waals surface area contributed by atoms with Crippen LogP contribution in [-0.2, 0) is 15.0 Å². The summed E-state index contributed by atoms with van der Waals surface area (Å²) in [7, 11) is 0. The number of alkyl halides is 3. The average Bonchev–Trinajstić information content (AvgIpc) is 2.46. The van der Waals surface area contributed by atoms with Crippen LogP contribution in [0.5, 0.6) is 0 Å². The number of nitrogens with zero attached hydrogens (tertiary/aromatic N) is 2. The Balaban J connectivity index is 2.42. The molecular formula is C16H20F4N4O3. The number of nitrogens with one attached hydrogen (secondary N) is 1. The highest BCUT2D eigenvalue weighted by atomic mass is 19.4. The molecule has 27 heavy (non-hydrogen) atoms. The SMILES string of the molecule is CC(C)(C)OC(=O)NC1=NC(C)(c2nc(N)ccc2F)CC(C(F)(F)F)O1. The van der Waals surface area contributed by atoms with Crippen molar-refractivity contribution in [1.82, 2.24) is 10.3 Å². The van der Waals surface area contributed by atoms with Crippen molar-refractivity contribution >= 4 is 17.9 Å². The van der Waals surface area contributed by atoms with Crippen LogP contribution in [-0.4, -0.2) is 35.0 Å². The van der Waals surface area contributed by atoms with Crippen LogP contribution in [0, 0.1) is 5.82 Å². The monoisotopic (exact) mass is 392 g/mol. The minimum atomic E-state index is -4.78. The first-order valence-corrected chi connectivity index (χ1v) is 7.95. The Morgan fingerprint density at radius 3 is 2.56 bits per heavy atom. The summed E-state index contributed by atoms with van der Waals surface area (Å²) in [6.45, 7) is 5.97. The van der Waals surface area contributed by atoms with Gasteiger partial charge in [0.1, 0.15) is 28.5 Å². The Bertz CT molecular complexity index is 761. The molecule has 1 aromatic heterocycles. The number of halogens is 4. The molecule has 1 aromatic rings. The number of rotatable bonds is 1. The highest BCUT2D eigenvalue weighted by Gasteiger charge is 2.51. The number of aliphatic imine (C=N–C) groups is 1. The summed E-state index contributed by atoms with van der Waals surface area (Å²) in [6.07, 6.45) is -8.93. The normalized spacial score (nSPS) is 23.3. The van der Waals surface area contributed by atoms with Crippen molar-refractivity contribution in [2.24, 2.45) is 4.99 Å². The predicted octanol–water partition coefficient (Wildman–Crippen LogP) is 3.25. The van der Waals surface area contributed by atoms with Crippen LogP contribution in [0.1, 0.15) is 39.8 Å². The van der Waals surface area contributed by atoms with Gasteiger partial charge in [-0.3, -0.25) is 0 Å². The molecule has 2 heterocycles. The Kier molecular flexibility index (Phi) is 5.26. The maximum atomic E-state index is 14.2. The van der Waals surface area contributed by atoms with Crippen molar-refractivity contribution < 1.29 is 31.8 Å². The number of pyridine rings is 1. The molecule has 2 atom stereocenters. The highest BCUT2D eigenvalue weighted by molar-refractivity contribution is 5.91. The van der Waals surface area contributed by atoms with E-state index in [-0.39, 0.29) is 11.5 Å². The number of carbonyl (C=O) groups is 1. The summed E-state index contributed by atoms with van der Waals surface area (Å²) in [5.41, 5.74) is 2.47. The molecule has 150 valence electrons. The molecule has 7 nitrogen and oxygen atoms in total. The first-order chi connectivity index (χ1) is 12.2. The van der Waals surface area contributed by atoms with Crippen molar-refractivity contribution in [3.63, 3.8) is 0 Å². The van der Waals surface area contributed by atoms with Gasteiger partial charge in [0.25, 0.3) is 6.02 Å². The minimum Gasteiger partial charge on any atom is -0.452 e. The number of hydrogen-bond donors (Lipinski definition) is 2. The molecular weight excluding hydrogens is 372 g/mol. The first kappa shape index (κ1) is 20.7. The number of nitrogens with two attached hydrogens (primary N) is 1. The molecule has 3 N–H and O–H groups in total. The number of amidine groups is 1. The topological polar surface area (TPSA) is 98.8 Å². The van der Waals surface area contributed by atoms with Crippen LogP contribution < -0.4 is 11.1 Å². The summed E-state index contributed by atoms with van der Waals surface area (Å²) in [4.78, 5) is 19.6. The molecule has 0 saturated carbocycles. The molecule has 2 rings (SSSR count). The van der Waals surface area contributed by atoms with Crippen molar-refractivity contribution in [1.29, 1.82) is 0 Å². The fraction of sp³-hybridized carbons (Fsp3) is 0.562. The molecule has 1 aliphatic rings. The van der Waals surface area contributed by atoms with E-state index in [1.54, 1.807) is 20.8 Å². The van der Waals surface area contributed by atoms with Crippen LogP contribution in [0.15, 0.2) is 17.1 Å². The molecule has 0 aromatic carbocycles.